The molecule has 0 radical (unpaired) electrons. The van der Waals surface area contributed by atoms with Crippen molar-refractivity contribution in [3.63, 3.8) is 0 Å². The lowest BCUT2D eigenvalue weighted by molar-refractivity contribution is 0.100. The van der Waals surface area contributed by atoms with E-state index >= 15 is 0 Å². The van der Waals surface area contributed by atoms with Crippen molar-refractivity contribution in [3.8, 4) is 0 Å². The van der Waals surface area contributed by atoms with Gasteiger partial charge in [-0.15, -0.1) is 0 Å². The molecule has 0 aliphatic carbocycles. The minimum atomic E-state index is -0.401. The van der Waals surface area contributed by atoms with Gasteiger partial charge in [-0.2, -0.15) is 0 Å². The molecule has 4 heteroatoms. The van der Waals surface area contributed by atoms with Crippen molar-refractivity contribution < 1.29 is 9.53 Å². The molecule has 84 valence electrons. The number of benzene rings is 1. The number of rotatable bonds is 4. The fraction of sp³-hybridized carbons (Fsp3) is 0.250. The zero-order valence-corrected chi connectivity index (χ0v) is 9.14. The molecule has 2 aromatic rings. The van der Waals surface area contributed by atoms with E-state index in [-0.39, 0.29) is 0 Å². The molecule has 0 unspecified atom stereocenters. The summed E-state index contributed by atoms with van der Waals surface area (Å²) < 4.78 is 7.08. The average Bonchev–Trinajstić information content (AvgIpc) is 2.68. The highest BCUT2D eigenvalue weighted by atomic mass is 16.5. The molecule has 0 aliphatic rings. The van der Waals surface area contributed by atoms with Crippen LogP contribution in [0, 0.1) is 0 Å². The van der Waals surface area contributed by atoms with Gasteiger partial charge < -0.3 is 15.0 Å². The molecular formula is C12H14N2O2. The molecule has 2 N–H and O–H groups in total. The fourth-order valence-electron chi connectivity index (χ4n) is 1.72. The molecule has 2 rings (SSSR count). The van der Waals surface area contributed by atoms with E-state index in [4.69, 9.17) is 10.5 Å². The van der Waals surface area contributed by atoms with Gasteiger partial charge in [-0.25, -0.2) is 0 Å². The predicted octanol–water partition coefficient (Wildman–Crippen LogP) is 1.39. The minimum Gasteiger partial charge on any atom is -0.383 e. The molecular weight excluding hydrogens is 204 g/mol. The summed E-state index contributed by atoms with van der Waals surface area (Å²) in [6.45, 7) is 1.41. The van der Waals surface area contributed by atoms with E-state index in [1.165, 1.54) is 0 Å². The van der Waals surface area contributed by atoms with Gasteiger partial charge in [0.05, 0.1) is 6.61 Å². The molecule has 0 saturated heterocycles. The molecule has 0 atom stereocenters. The van der Waals surface area contributed by atoms with Crippen molar-refractivity contribution in [1.29, 1.82) is 0 Å². The van der Waals surface area contributed by atoms with Gasteiger partial charge in [0.2, 0.25) is 5.91 Å². The first-order chi connectivity index (χ1) is 7.72. The number of carbonyl (C=O) groups is 1. The number of nitrogens with zero attached hydrogens (tertiary/aromatic N) is 1. The number of methoxy groups -OCH3 is 1. The van der Waals surface area contributed by atoms with E-state index in [9.17, 15) is 4.79 Å². The number of carbonyl (C=O) groups excluding carboxylic acids is 1. The number of primary amides is 1. The Hall–Kier alpha value is -1.81. The van der Waals surface area contributed by atoms with Crippen LogP contribution in [-0.4, -0.2) is 24.2 Å². The first kappa shape index (κ1) is 10.7. The molecule has 1 aromatic carbocycles. The number of amides is 1. The second-order valence-corrected chi connectivity index (χ2v) is 3.64. The maximum Gasteiger partial charge on any atom is 0.248 e. The summed E-state index contributed by atoms with van der Waals surface area (Å²) in [5.41, 5.74) is 6.79. The number of fused-ring (bicyclic) bond motifs is 1. The Bertz CT molecular complexity index is 517. The van der Waals surface area contributed by atoms with Gasteiger partial charge in [0.25, 0.3) is 0 Å². The first-order valence-corrected chi connectivity index (χ1v) is 5.10. The molecule has 1 amide bonds. The Kier molecular flexibility index (Phi) is 2.92. The Balaban J connectivity index is 2.43. The largest absolute Gasteiger partial charge is 0.383 e. The second-order valence-electron chi connectivity index (χ2n) is 3.64. The maximum atomic E-state index is 11.1. The van der Waals surface area contributed by atoms with Crippen molar-refractivity contribution in [2.24, 2.45) is 5.73 Å². The quantitative estimate of drug-likeness (QED) is 0.843. The smallest absolute Gasteiger partial charge is 0.248 e. The zero-order chi connectivity index (χ0) is 11.5. The first-order valence-electron chi connectivity index (χ1n) is 5.10. The van der Waals surface area contributed by atoms with Crippen LogP contribution in [0.1, 0.15) is 10.4 Å². The fourth-order valence-corrected chi connectivity index (χ4v) is 1.72. The molecule has 0 fully saturated rings. The van der Waals surface area contributed by atoms with Crippen molar-refractivity contribution in [2.45, 2.75) is 6.54 Å². The van der Waals surface area contributed by atoms with Crippen molar-refractivity contribution in [2.75, 3.05) is 13.7 Å². The zero-order valence-electron chi connectivity index (χ0n) is 9.14. The number of hydrogen-bond acceptors (Lipinski definition) is 2. The third-order valence-electron chi connectivity index (χ3n) is 2.59. The van der Waals surface area contributed by atoms with Crippen molar-refractivity contribution in [1.82, 2.24) is 4.57 Å². The molecule has 1 heterocycles. The predicted molar refractivity (Wildman–Crippen MR) is 62.3 cm³/mol. The Labute approximate surface area is 93.6 Å². The van der Waals surface area contributed by atoms with E-state index in [1.807, 2.05) is 29.0 Å². The van der Waals surface area contributed by atoms with Gasteiger partial charge in [-0.3, -0.25) is 4.79 Å². The number of hydrogen-bond donors (Lipinski definition) is 1. The Morgan fingerprint density at radius 1 is 1.44 bits per heavy atom. The van der Waals surface area contributed by atoms with E-state index < -0.39 is 5.91 Å². The highest BCUT2D eigenvalue weighted by Gasteiger charge is 2.05. The Morgan fingerprint density at radius 3 is 2.94 bits per heavy atom. The van der Waals surface area contributed by atoms with Gasteiger partial charge in [0.15, 0.2) is 0 Å². The summed E-state index contributed by atoms with van der Waals surface area (Å²) in [6, 6.07) is 7.47. The topological polar surface area (TPSA) is 57.2 Å². The van der Waals surface area contributed by atoms with E-state index in [2.05, 4.69) is 0 Å². The van der Waals surface area contributed by atoms with Crippen LogP contribution in [0.4, 0.5) is 0 Å². The molecule has 0 saturated carbocycles. The number of nitrogens with two attached hydrogens (primary N) is 1. The molecule has 0 bridgehead atoms. The Morgan fingerprint density at radius 2 is 2.25 bits per heavy atom. The summed E-state index contributed by atoms with van der Waals surface area (Å²) in [6.07, 6.45) is 1.98. The van der Waals surface area contributed by atoms with Gasteiger partial charge >= 0.3 is 0 Å². The summed E-state index contributed by atoms with van der Waals surface area (Å²) in [5.74, 6) is -0.401. The van der Waals surface area contributed by atoms with Crippen LogP contribution in [0.2, 0.25) is 0 Å². The van der Waals surface area contributed by atoms with Crippen molar-refractivity contribution in [3.05, 3.63) is 36.0 Å². The van der Waals surface area contributed by atoms with E-state index in [0.29, 0.717) is 12.2 Å². The molecule has 0 aliphatic heterocycles. The molecule has 16 heavy (non-hydrogen) atoms. The normalized spacial score (nSPS) is 10.8. The van der Waals surface area contributed by atoms with Gasteiger partial charge in [0, 0.05) is 30.9 Å². The second kappa shape index (κ2) is 4.37. The molecule has 0 spiro atoms. The van der Waals surface area contributed by atoms with Crippen LogP contribution >= 0.6 is 0 Å². The highest BCUT2D eigenvalue weighted by Crippen LogP contribution is 2.17. The molecule has 1 aromatic heterocycles. The third-order valence-corrected chi connectivity index (χ3v) is 2.59. The van der Waals surface area contributed by atoms with Gasteiger partial charge in [-0.05, 0) is 23.6 Å². The summed E-state index contributed by atoms with van der Waals surface area (Å²) in [5, 5.41) is 1.10. The monoisotopic (exact) mass is 218 g/mol. The number of aromatic nitrogens is 1. The van der Waals surface area contributed by atoms with Crippen LogP contribution < -0.4 is 5.73 Å². The van der Waals surface area contributed by atoms with Crippen LogP contribution in [0.25, 0.3) is 10.9 Å². The average molecular weight is 218 g/mol. The highest BCUT2D eigenvalue weighted by molar-refractivity contribution is 5.96. The lowest BCUT2D eigenvalue weighted by atomic mass is 10.1. The molecule has 4 nitrogen and oxygen atoms in total. The lowest BCUT2D eigenvalue weighted by Crippen LogP contribution is -2.11. The van der Waals surface area contributed by atoms with Crippen molar-refractivity contribution >= 4 is 16.8 Å². The third kappa shape index (κ3) is 1.92. The maximum absolute atomic E-state index is 11.1. The SMILES string of the molecule is COCCn1ccc2ccc(C(N)=O)cc21. The summed E-state index contributed by atoms with van der Waals surface area (Å²) in [4.78, 5) is 11.1. The van der Waals surface area contributed by atoms with Crippen LogP contribution in [0.3, 0.4) is 0 Å². The number of ether oxygens (including phenoxy) is 1. The summed E-state index contributed by atoms with van der Waals surface area (Å²) >= 11 is 0. The minimum absolute atomic E-state index is 0.401. The van der Waals surface area contributed by atoms with Crippen LogP contribution in [0.5, 0.6) is 0 Å². The van der Waals surface area contributed by atoms with Gasteiger partial charge in [-0.1, -0.05) is 6.07 Å². The van der Waals surface area contributed by atoms with Gasteiger partial charge in [0.1, 0.15) is 0 Å². The van der Waals surface area contributed by atoms with Crippen LogP contribution in [0.15, 0.2) is 30.5 Å². The lowest BCUT2D eigenvalue weighted by Gasteiger charge is -2.05. The standard InChI is InChI=1S/C12H14N2O2/c1-16-7-6-14-5-4-9-2-3-10(12(13)15)8-11(9)14/h2-5,8H,6-7H2,1H3,(H2,13,15). The van der Waals surface area contributed by atoms with E-state index in [0.717, 1.165) is 17.4 Å². The van der Waals surface area contributed by atoms with E-state index in [1.54, 1.807) is 13.2 Å². The van der Waals surface area contributed by atoms with Crippen LogP contribution in [-0.2, 0) is 11.3 Å². The summed E-state index contributed by atoms with van der Waals surface area (Å²) in [7, 11) is 1.67.